The Labute approximate surface area is 214 Å². The summed E-state index contributed by atoms with van der Waals surface area (Å²) in [6.45, 7) is 25.5. The highest BCUT2D eigenvalue weighted by molar-refractivity contribution is 6.75. The minimum Gasteiger partial charge on any atom is -0.541 e. The van der Waals surface area contributed by atoms with Gasteiger partial charge in [-0.3, -0.25) is 4.79 Å². The van der Waals surface area contributed by atoms with Crippen molar-refractivity contribution in [1.29, 1.82) is 0 Å². The van der Waals surface area contributed by atoms with Crippen LogP contribution in [-0.4, -0.2) is 41.3 Å². The highest BCUT2D eigenvalue weighted by Crippen LogP contribution is 2.43. The third-order valence-electron chi connectivity index (χ3n) is 6.84. The first kappa shape index (κ1) is 31.0. The smallest absolute Gasteiger partial charge is 0.330 e. The fraction of sp³-hybridized carbons (Fsp3) is 0.630. The highest BCUT2D eigenvalue weighted by Gasteiger charge is 2.42. The van der Waals surface area contributed by atoms with Crippen molar-refractivity contribution in [3.8, 4) is 11.5 Å². The molecule has 198 valence electrons. The molecule has 1 atom stereocenters. The van der Waals surface area contributed by atoms with Crippen molar-refractivity contribution in [2.24, 2.45) is 0 Å². The second-order valence-corrected chi connectivity index (χ2v) is 21.4. The van der Waals surface area contributed by atoms with Crippen molar-refractivity contribution >= 4 is 28.6 Å². The summed E-state index contributed by atoms with van der Waals surface area (Å²) in [6.07, 6.45) is 2.65. The van der Waals surface area contributed by atoms with Gasteiger partial charge in [-0.2, -0.15) is 0 Å². The highest BCUT2D eigenvalue weighted by atomic mass is 28.4. The minimum atomic E-state index is -2.15. The Hall–Kier alpha value is -2.07. The Morgan fingerprint density at radius 1 is 0.914 bits per heavy atom. The molecule has 1 aromatic carbocycles. The zero-order chi connectivity index (χ0) is 27.2. The summed E-state index contributed by atoms with van der Waals surface area (Å²) in [5, 5.41) is 0.0537. The molecule has 8 heteroatoms. The van der Waals surface area contributed by atoms with Gasteiger partial charge in [0.1, 0.15) is 17.6 Å². The average Bonchev–Trinajstić information content (AvgIpc) is 2.66. The monoisotopic (exact) mass is 522 g/mol. The zero-order valence-electron chi connectivity index (χ0n) is 23.8. The van der Waals surface area contributed by atoms with Crippen LogP contribution in [0.5, 0.6) is 11.5 Å². The van der Waals surface area contributed by atoms with Crippen LogP contribution in [0.3, 0.4) is 0 Å². The summed E-state index contributed by atoms with van der Waals surface area (Å²) in [6, 6.07) is 5.91. The topological polar surface area (TPSA) is 71.1 Å². The summed E-state index contributed by atoms with van der Waals surface area (Å²) in [4.78, 5) is 23.4. The number of esters is 2. The maximum atomic E-state index is 11.8. The van der Waals surface area contributed by atoms with Gasteiger partial charge < -0.3 is 18.3 Å². The van der Waals surface area contributed by atoms with Crippen molar-refractivity contribution in [1.82, 2.24) is 0 Å². The van der Waals surface area contributed by atoms with Gasteiger partial charge in [0.25, 0.3) is 16.6 Å². The van der Waals surface area contributed by atoms with Gasteiger partial charge >= 0.3 is 11.9 Å². The number of hydrogen-bond donors (Lipinski definition) is 0. The molecule has 1 rings (SSSR count). The van der Waals surface area contributed by atoms with E-state index < -0.39 is 34.7 Å². The Morgan fingerprint density at radius 2 is 1.43 bits per heavy atom. The predicted octanol–water partition coefficient (Wildman–Crippen LogP) is 7.05. The SMILES string of the molecule is CCOC(=O)/C=C/[C@H](Cc1ccc(O[Si](C)(C)C(C)(C)C)c(O[Si](C)(C)C(C)(C)C)c1)OC(C)=O. The van der Waals surface area contributed by atoms with Crippen molar-refractivity contribution in [2.75, 3.05) is 6.61 Å². The lowest BCUT2D eigenvalue weighted by Gasteiger charge is -2.39. The fourth-order valence-electron chi connectivity index (χ4n) is 2.67. The molecule has 0 radical (unpaired) electrons. The molecule has 0 bridgehead atoms. The third-order valence-corrected chi connectivity index (χ3v) is 15.5. The van der Waals surface area contributed by atoms with E-state index in [0.717, 1.165) is 17.1 Å². The van der Waals surface area contributed by atoms with Gasteiger partial charge in [0.05, 0.1) is 6.61 Å². The van der Waals surface area contributed by atoms with Crippen molar-refractivity contribution in [3.63, 3.8) is 0 Å². The molecule has 6 nitrogen and oxygen atoms in total. The Morgan fingerprint density at radius 3 is 1.89 bits per heavy atom. The van der Waals surface area contributed by atoms with Gasteiger partial charge in [-0.1, -0.05) is 47.6 Å². The maximum Gasteiger partial charge on any atom is 0.330 e. The fourth-order valence-corrected chi connectivity index (χ4v) is 4.71. The molecule has 0 heterocycles. The molecule has 0 aliphatic rings. The van der Waals surface area contributed by atoms with Crippen LogP contribution in [0.4, 0.5) is 0 Å². The number of ether oxygens (including phenoxy) is 2. The second-order valence-electron chi connectivity index (χ2n) is 12.0. The molecule has 0 fully saturated rings. The first-order valence-electron chi connectivity index (χ1n) is 12.3. The molecule has 35 heavy (non-hydrogen) atoms. The number of hydrogen-bond acceptors (Lipinski definition) is 6. The van der Waals surface area contributed by atoms with Crippen LogP contribution in [0.1, 0.15) is 61.0 Å². The summed E-state index contributed by atoms with van der Waals surface area (Å²) >= 11 is 0. The second kappa shape index (κ2) is 11.8. The van der Waals surface area contributed by atoms with Crippen LogP contribution in [0, 0.1) is 0 Å². The molecule has 0 aliphatic carbocycles. The van der Waals surface area contributed by atoms with Crippen LogP contribution in [-0.2, 0) is 25.5 Å². The summed E-state index contributed by atoms with van der Waals surface area (Å²) in [7, 11) is -4.25. The summed E-state index contributed by atoms with van der Waals surface area (Å²) < 4.78 is 23.8. The Balaban J connectivity index is 3.41. The van der Waals surface area contributed by atoms with E-state index in [1.54, 1.807) is 13.0 Å². The summed E-state index contributed by atoms with van der Waals surface area (Å²) in [5.74, 6) is 0.579. The van der Waals surface area contributed by atoms with Crippen LogP contribution >= 0.6 is 0 Å². The van der Waals surface area contributed by atoms with Crippen LogP contribution in [0.2, 0.25) is 36.3 Å². The van der Waals surface area contributed by atoms with Gasteiger partial charge in [0, 0.05) is 19.4 Å². The van der Waals surface area contributed by atoms with Gasteiger partial charge in [0.2, 0.25) is 0 Å². The first-order valence-corrected chi connectivity index (χ1v) is 18.1. The van der Waals surface area contributed by atoms with Crippen LogP contribution < -0.4 is 8.85 Å². The van der Waals surface area contributed by atoms with E-state index in [1.807, 2.05) is 18.2 Å². The normalized spacial score (nSPS) is 13.9. The zero-order valence-corrected chi connectivity index (χ0v) is 25.8. The van der Waals surface area contributed by atoms with Crippen LogP contribution in [0.15, 0.2) is 30.4 Å². The predicted molar refractivity (Wildman–Crippen MR) is 147 cm³/mol. The quantitative estimate of drug-likeness (QED) is 0.186. The van der Waals surface area contributed by atoms with E-state index in [4.69, 9.17) is 18.3 Å². The van der Waals surface area contributed by atoms with Crippen LogP contribution in [0.25, 0.3) is 0 Å². The van der Waals surface area contributed by atoms with E-state index in [0.29, 0.717) is 6.42 Å². The first-order chi connectivity index (χ1) is 15.8. The van der Waals surface area contributed by atoms with E-state index >= 15 is 0 Å². The molecule has 0 unspecified atom stereocenters. The van der Waals surface area contributed by atoms with E-state index in [2.05, 4.69) is 67.7 Å². The standard InChI is InChI=1S/C27H46O6Si2/c1-13-30-25(29)17-15-22(31-20(2)28)18-21-14-16-23(32-34(9,10)26(3,4)5)24(19-21)33-35(11,12)27(6,7)8/h14-17,19,22H,13,18H2,1-12H3/b17-15+/t22-/m1/s1. The lowest BCUT2D eigenvalue weighted by Crippen LogP contribution is -2.45. The maximum absolute atomic E-state index is 11.8. The van der Waals surface area contributed by atoms with Crippen molar-refractivity contribution in [3.05, 3.63) is 35.9 Å². The van der Waals surface area contributed by atoms with Gasteiger partial charge in [-0.05, 0) is 67.0 Å². The molecule has 0 saturated carbocycles. The molecular formula is C27H46O6Si2. The van der Waals surface area contributed by atoms with E-state index in [1.165, 1.54) is 13.0 Å². The van der Waals surface area contributed by atoms with Gasteiger partial charge in [0.15, 0.2) is 0 Å². The molecule has 1 aromatic rings. The lowest BCUT2D eigenvalue weighted by atomic mass is 10.1. The number of carbonyl (C=O) groups excluding carboxylic acids is 2. The molecule has 0 aliphatic heterocycles. The number of carbonyl (C=O) groups is 2. The molecule has 0 aromatic heterocycles. The molecule has 0 N–H and O–H groups in total. The van der Waals surface area contributed by atoms with Crippen molar-refractivity contribution in [2.45, 2.75) is 104 Å². The van der Waals surface area contributed by atoms with E-state index in [-0.39, 0.29) is 16.7 Å². The number of rotatable bonds is 10. The lowest BCUT2D eigenvalue weighted by molar-refractivity contribution is -0.144. The average molecular weight is 523 g/mol. The molecule has 0 spiro atoms. The molecular weight excluding hydrogens is 476 g/mol. The number of benzene rings is 1. The minimum absolute atomic E-state index is 0.0138. The Kier molecular flexibility index (Phi) is 10.4. The molecule has 0 amide bonds. The molecule has 0 saturated heterocycles. The largest absolute Gasteiger partial charge is 0.541 e. The van der Waals surface area contributed by atoms with E-state index in [9.17, 15) is 9.59 Å². The third kappa shape index (κ3) is 9.48. The van der Waals surface area contributed by atoms with Crippen molar-refractivity contribution < 1.29 is 27.9 Å². The van der Waals surface area contributed by atoms with Gasteiger partial charge in [-0.25, -0.2) is 4.79 Å². The van der Waals surface area contributed by atoms with Gasteiger partial charge in [-0.15, -0.1) is 0 Å². The summed E-state index contributed by atoms with van der Waals surface area (Å²) in [5.41, 5.74) is 0.918. The Bertz CT molecular complexity index is 907.